The van der Waals surface area contributed by atoms with E-state index in [1.165, 1.54) is 0 Å². The van der Waals surface area contributed by atoms with Crippen LogP contribution in [0, 0.1) is 20.8 Å². The predicted molar refractivity (Wildman–Crippen MR) is 135 cm³/mol. The number of hydrogen-bond donors (Lipinski definition) is 2. The number of aliphatic hydroxyl groups is 1. The quantitative estimate of drug-likeness (QED) is 0.506. The van der Waals surface area contributed by atoms with Gasteiger partial charge in [0.15, 0.2) is 5.82 Å². The van der Waals surface area contributed by atoms with Crippen molar-refractivity contribution in [1.82, 2.24) is 25.3 Å². The molecule has 9 heteroatoms. The first kappa shape index (κ1) is 23.7. The van der Waals surface area contributed by atoms with Gasteiger partial charge in [-0.25, -0.2) is 9.97 Å². The standard InChI is InChI=1S/C26H34N6O3/c1-15-24(23-16(2)30-35-17(23)3)28-25(29-26(15)32-13-19-10-20(32)12-31(19)5)18-7-6-8-22(9-18)34-14-21(33)11-27-4/h6-9,19-21,27,33H,10-14H2,1-5H3. The van der Waals surface area contributed by atoms with Gasteiger partial charge >= 0.3 is 0 Å². The molecule has 35 heavy (non-hydrogen) atoms. The van der Waals surface area contributed by atoms with E-state index in [2.05, 4.69) is 34.2 Å². The molecule has 2 bridgehead atoms. The maximum absolute atomic E-state index is 10.0. The van der Waals surface area contributed by atoms with Crippen LogP contribution in [0.15, 0.2) is 28.8 Å². The highest BCUT2D eigenvalue weighted by Gasteiger charge is 2.43. The first-order valence-electron chi connectivity index (χ1n) is 12.2. The van der Waals surface area contributed by atoms with E-state index < -0.39 is 6.10 Å². The Balaban J connectivity index is 1.55. The molecular formula is C26H34N6O3. The summed E-state index contributed by atoms with van der Waals surface area (Å²) in [6.45, 7) is 8.66. The summed E-state index contributed by atoms with van der Waals surface area (Å²) in [7, 11) is 4.01. The van der Waals surface area contributed by atoms with Gasteiger partial charge in [-0.2, -0.15) is 0 Å². The average molecular weight is 479 g/mol. The van der Waals surface area contributed by atoms with Crippen LogP contribution in [0.4, 0.5) is 5.82 Å². The van der Waals surface area contributed by atoms with E-state index in [4.69, 9.17) is 19.2 Å². The van der Waals surface area contributed by atoms with Gasteiger partial charge in [0.05, 0.1) is 17.0 Å². The fraction of sp³-hybridized carbons (Fsp3) is 0.500. The normalized spacial score (nSPS) is 20.6. The highest BCUT2D eigenvalue weighted by Crippen LogP contribution is 2.39. The molecule has 2 aliphatic heterocycles. The van der Waals surface area contributed by atoms with Gasteiger partial charge < -0.3 is 24.6 Å². The number of aryl methyl sites for hydroxylation is 2. The van der Waals surface area contributed by atoms with Gasteiger partial charge in [-0.05, 0) is 53.4 Å². The van der Waals surface area contributed by atoms with Crippen molar-refractivity contribution < 1.29 is 14.4 Å². The lowest BCUT2D eigenvalue weighted by molar-refractivity contribution is 0.108. The van der Waals surface area contributed by atoms with E-state index >= 15 is 0 Å². The SMILES string of the molecule is CNCC(O)COc1cccc(-c2nc(-c3c(C)noc3C)c(C)c(N3CC4CC3CN4C)n2)c1. The average Bonchev–Trinajstić information content (AvgIpc) is 3.52. The van der Waals surface area contributed by atoms with Crippen molar-refractivity contribution in [2.24, 2.45) is 0 Å². The topological polar surface area (TPSA) is 99.8 Å². The van der Waals surface area contributed by atoms with Crippen LogP contribution in [-0.2, 0) is 0 Å². The molecule has 2 aliphatic rings. The van der Waals surface area contributed by atoms with Crippen molar-refractivity contribution in [2.45, 2.75) is 45.4 Å². The number of rotatable bonds is 8. The summed E-state index contributed by atoms with van der Waals surface area (Å²) >= 11 is 0. The lowest BCUT2D eigenvalue weighted by atomic mass is 10.0. The van der Waals surface area contributed by atoms with Crippen molar-refractivity contribution in [3.63, 3.8) is 0 Å². The number of likely N-dealkylation sites (N-methyl/N-ethyl adjacent to an activating group) is 2. The van der Waals surface area contributed by atoms with Crippen molar-refractivity contribution >= 4 is 5.82 Å². The Morgan fingerprint density at radius 2 is 2.03 bits per heavy atom. The lowest BCUT2D eigenvalue weighted by Crippen LogP contribution is -2.45. The number of likely N-dealkylation sites (tertiary alicyclic amines) is 1. The number of piperazine rings is 1. The van der Waals surface area contributed by atoms with Gasteiger partial charge in [-0.3, -0.25) is 4.90 Å². The Hall–Kier alpha value is -3.01. The highest BCUT2D eigenvalue weighted by molar-refractivity contribution is 5.75. The van der Waals surface area contributed by atoms with Gasteiger partial charge in [0.1, 0.15) is 30.0 Å². The zero-order valence-electron chi connectivity index (χ0n) is 21.1. The minimum absolute atomic E-state index is 0.207. The molecule has 4 heterocycles. The molecule has 2 aromatic heterocycles. The summed E-state index contributed by atoms with van der Waals surface area (Å²) < 4.78 is 11.3. The third-order valence-electron chi connectivity index (χ3n) is 7.15. The summed E-state index contributed by atoms with van der Waals surface area (Å²) in [5.41, 5.74) is 4.51. The Labute approximate surface area is 206 Å². The van der Waals surface area contributed by atoms with Gasteiger partial charge in [0.2, 0.25) is 0 Å². The smallest absolute Gasteiger partial charge is 0.162 e. The van der Waals surface area contributed by atoms with E-state index in [1.54, 1.807) is 7.05 Å². The number of hydrogen-bond acceptors (Lipinski definition) is 9. The van der Waals surface area contributed by atoms with Crippen LogP contribution in [-0.4, -0.2) is 83.7 Å². The predicted octanol–water partition coefficient (Wildman–Crippen LogP) is 2.58. The van der Waals surface area contributed by atoms with Crippen LogP contribution in [0.2, 0.25) is 0 Å². The fourth-order valence-electron chi connectivity index (χ4n) is 5.32. The molecule has 0 amide bonds. The van der Waals surface area contributed by atoms with Crippen molar-refractivity contribution in [2.75, 3.05) is 45.2 Å². The van der Waals surface area contributed by atoms with Gasteiger partial charge in [-0.15, -0.1) is 0 Å². The first-order chi connectivity index (χ1) is 16.9. The summed E-state index contributed by atoms with van der Waals surface area (Å²) in [5, 5.41) is 17.1. The van der Waals surface area contributed by atoms with E-state index in [9.17, 15) is 5.11 Å². The van der Waals surface area contributed by atoms with Crippen LogP contribution in [0.3, 0.4) is 0 Å². The first-order valence-corrected chi connectivity index (χ1v) is 12.2. The zero-order chi connectivity index (χ0) is 24.7. The summed E-state index contributed by atoms with van der Waals surface area (Å²) in [6.07, 6.45) is 0.578. The molecule has 2 fully saturated rings. The molecule has 3 atom stereocenters. The summed E-state index contributed by atoms with van der Waals surface area (Å²) in [4.78, 5) is 15.0. The molecule has 2 saturated heterocycles. The molecular weight excluding hydrogens is 444 g/mol. The Bertz CT molecular complexity index is 1190. The van der Waals surface area contributed by atoms with E-state index in [0.717, 1.165) is 59.2 Å². The molecule has 1 aromatic carbocycles. The number of ether oxygens (including phenoxy) is 1. The maximum Gasteiger partial charge on any atom is 0.162 e. The maximum atomic E-state index is 10.0. The molecule has 3 unspecified atom stereocenters. The molecule has 9 nitrogen and oxygen atoms in total. The Kier molecular flexibility index (Phi) is 6.48. The molecule has 5 rings (SSSR count). The Morgan fingerprint density at radius 3 is 2.69 bits per heavy atom. The second-order valence-electron chi connectivity index (χ2n) is 9.73. The van der Waals surface area contributed by atoms with Crippen LogP contribution in [0.1, 0.15) is 23.4 Å². The van der Waals surface area contributed by atoms with Crippen molar-refractivity contribution in [3.05, 3.63) is 41.3 Å². The number of nitrogens with zero attached hydrogens (tertiary/aromatic N) is 5. The number of anilines is 1. The Morgan fingerprint density at radius 1 is 1.20 bits per heavy atom. The third kappa shape index (κ3) is 4.51. The fourth-order valence-corrected chi connectivity index (χ4v) is 5.32. The summed E-state index contributed by atoms with van der Waals surface area (Å²) in [5.74, 6) is 3.03. The number of aromatic nitrogens is 3. The monoisotopic (exact) mass is 478 g/mol. The molecule has 0 aliphatic carbocycles. The second kappa shape index (κ2) is 9.56. The van der Waals surface area contributed by atoms with Crippen LogP contribution < -0.4 is 15.0 Å². The molecule has 0 saturated carbocycles. The van der Waals surface area contributed by atoms with Crippen molar-refractivity contribution in [1.29, 1.82) is 0 Å². The molecule has 0 spiro atoms. The largest absolute Gasteiger partial charge is 0.491 e. The number of aliphatic hydroxyl groups excluding tert-OH is 1. The second-order valence-corrected chi connectivity index (χ2v) is 9.73. The molecule has 3 aromatic rings. The number of fused-ring (bicyclic) bond motifs is 2. The van der Waals surface area contributed by atoms with Crippen LogP contribution >= 0.6 is 0 Å². The van der Waals surface area contributed by atoms with E-state index in [-0.39, 0.29) is 6.61 Å². The molecule has 2 N–H and O–H groups in total. The zero-order valence-corrected chi connectivity index (χ0v) is 21.1. The van der Waals surface area contributed by atoms with Crippen LogP contribution in [0.5, 0.6) is 5.75 Å². The molecule has 0 radical (unpaired) electrons. The van der Waals surface area contributed by atoms with Gasteiger partial charge in [-0.1, -0.05) is 17.3 Å². The molecule has 186 valence electrons. The van der Waals surface area contributed by atoms with Gasteiger partial charge in [0, 0.05) is 42.8 Å². The number of nitrogens with one attached hydrogen (secondary N) is 1. The van der Waals surface area contributed by atoms with E-state index in [0.29, 0.717) is 30.2 Å². The van der Waals surface area contributed by atoms with Crippen LogP contribution in [0.25, 0.3) is 22.6 Å². The van der Waals surface area contributed by atoms with Crippen molar-refractivity contribution in [3.8, 4) is 28.4 Å². The minimum Gasteiger partial charge on any atom is -0.491 e. The number of benzene rings is 1. The third-order valence-corrected chi connectivity index (χ3v) is 7.15. The minimum atomic E-state index is -0.583. The summed E-state index contributed by atoms with van der Waals surface area (Å²) in [6, 6.07) is 8.75. The van der Waals surface area contributed by atoms with Gasteiger partial charge in [0.25, 0.3) is 0 Å². The highest BCUT2D eigenvalue weighted by atomic mass is 16.5. The van der Waals surface area contributed by atoms with E-state index in [1.807, 2.05) is 38.1 Å². The lowest BCUT2D eigenvalue weighted by Gasteiger charge is -2.34.